The molecule has 94 valence electrons. The SMILES string of the molecule is CCOC(=O)C(CC)Nc1ccc(F)cc1F. The average molecular weight is 243 g/mol. The van der Waals surface area contributed by atoms with Crippen LogP contribution in [0, 0.1) is 11.6 Å². The molecular weight excluding hydrogens is 228 g/mol. The zero-order valence-corrected chi connectivity index (χ0v) is 9.80. The maximum atomic E-state index is 13.3. The molecule has 0 saturated heterocycles. The Hall–Kier alpha value is -1.65. The molecule has 1 atom stereocenters. The molecule has 1 aromatic carbocycles. The highest BCUT2D eigenvalue weighted by molar-refractivity contribution is 5.79. The molecule has 1 unspecified atom stereocenters. The van der Waals surface area contributed by atoms with Gasteiger partial charge in [0.15, 0.2) is 0 Å². The van der Waals surface area contributed by atoms with Gasteiger partial charge in [0.1, 0.15) is 17.7 Å². The van der Waals surface area contributed by atoms with E-state index in [2.05, 4.69) is 5.32 Å². The van der Waals surface area contributed by atoms with Gasteiger partial charge in [0.25, 0.3) is 0 Å². The highest BCUT2D eigenvalue weighted by Crippen LogP contribution is 2.17. The molecule has 17 heavy (non-hydrogen) atoms. The summed E-state index contributed by atoms with van der Waals surface area (Å²) < 4.78 is 30.9. The van der Waals surface area contributed by atoms with E-state index < -0.39 is 23.6 Å². The van der Waals surface area contributed by atoms with E-state index >= 15 is 0 Å². The van der Waals surface area contributed by atoms with Crippen LogP contribution in [0.15, 0.2) is 18.2 Å². The third-order valence-electron chi connectivity index (χ3n) is 2.24. The largest absolute Gasteiger partial charge is 0.464 e. The molecule has 0 bridgehead atoms. The number of carbonyl (C=O) groups excluding carboxylic acids is 1. The monoisotopic (exact) mass is 243 g/mol. The van der Waals surface area contributed by atoms with Crippen LogP contribution in [0.1, 0.15) is 20.3 Å². The molecule has 1 N–H and O–H groups in total. The van der Waals surface area contributed by atoms with Crippen molar-refractivity contribution in [3.05, 3.63) is 29.8 Å². The van der Waals surface area contributed by atoms with E-state index in [0.717, 1.165) is 12.1 Å². The summed E-state index contributed by atoms with van der Waals surface area (Å²) in [7, 11) is 0. The second kappa shape index (κ2) is 6.18. The Labute approximate surface area is 98.8 Å². The van der Waals surface area contributed by atoms with Gasteiger partial charge >= 0.3 is 5.97 Å². The number of anilines is 1. The number of nitrogens with one attached hydrogen (secondary N) is 1. The van der Waals surface area contributed by atoms with Gasteiger partial charge in [0.2, 0.25) is 0 Å². The van der Waals surface area contributed by atoms with Gasteiger partial charge in [-0.1, -0.05) is 6.92 Å². The minimum absolute atomic E-state index is 0.0892. The van der Waals surface area contributed by atoms with Gasteiger partial charge in [0, 0.05) is 6.07 Å². The van der Waals surface area contributed by atoms with Gasteiger partial charge in [-0.05, 0) is 25.5 Å². The number of rotatable bonds is 5. The summed E-state index contributed by atoms with van der Waals surface area (Å²) >= 11 is 0. The lowest BCUT2D eigenvalue weighted by Crippen LogP contribution is -2.31. The van der Waals surface area contributed by atoms with Crippen LogP contribution in [0.5, 0.6) is 0 Å². The second-order valence-corrected chi connectivity index (χ2v) is 3.48. The van der Waals surface area contributed by atoms with E-state index in [1.165, 1.54) is 6.07 Å². The first-order chi connectivity index (χ1) is 8.08. The van der Waals surface area contributed by atoms with Crippen LogP contribution in [-0.2, 0) is 9.53 Å². The quantitative estimate of drug-likeness (QED) is 0.808. The number of esters is 1. The number of benzene rings is 1. The van der Waals surface area contributed by atoms with Crippen molar-refractivity contribution in [1.82, 2.24) is 0 Å². The van der Waals surface area contributed by atoms with Crippen LogP contribution in [0.2, 0.25) is 0 Å². The van der Waals surface area contributed by atoms with Gasteiger partial charge in [0.05, 0.1) is 12.3 Å². The zero-order valence-electron chi connectivity index (χ0n) is 9.80. The Kier molecular flexibility index (Phi) is 4.87. The number of carbonyl (C=O) groups is 1. The first kappa shape index (κ1) is 13.4. The molecule has 0 spiro atoms. The van der Waals surface area contributed by atoms with E-state index in [-0.39, 0.29) is 12.3 Å². The summed E-state index contributed by atoms with van der Waals surface area (Å²) in [6.07, 6.45) is 0.454. The molecule has 5 heteroatoms. The van der Waals surface area contributed by atoms with Crippen molar-refractivity contribution in [1.29, 1.82) is 0 Å². The Morgan fingerprint density at radius 3 is 2.65 bits per heavy atom. The molecule has 0 saturated carbocycles. The molecule has 1 rings (SSSR count). The predicted octanol–water partition coefficient (Wildman–Crippen LogP) is 2.72. The fourth-order valence-corrected chi connectivity index (χ4v) is 1.36. The fourth-order valence-electron chi connectivity index (χ4n) is 1.36. The lowest BCUT2D eigenvalue weighted by atomic mass is 10.2. The molecule has 0 radical (unpaired) electrons. The standard InChI is InChI=1S/C12H15F2NO2/c1-3-10(12(16)17-4-2)15-11-6-5-8(13)7-9(11)14/h5-7,10,15H,3-4H2,1-2H3. The normalized spacial score (nSPS) is 12.0. The third kappa shape index (κ3) is 3.69. The van der Waals surface area contributed by atoms with E-state index in [4.69, 9.17) is 4.74 Å². The van der Waals surface area contributed by atoms with Crippen LogP contribution in [0.3, 0.4) is 0 Å². The molecular formula is C12H15F2NO2. The van der Waals surface area contributed by atoms with Gasteiger partial charge in [-0.15, -0.1) is 0 Å². The van der Waals surface area contributed by atoms with E-state index in [9.17, 15) is 13.6 Å². The van der Waals surface area contributed by atoms with Crippen molar-refractivity contribution >= 4 is 11.7 Å². The zero-order chi connectivity index (χ0) is 12.8. The summed E-state index contributed by atoms with van der Waals surface area (Å²) in [4.78, 5) is 11.5. The Balaban J connectivity index is 2.77. The summed E-state index contributed by atoms with van der Waals surface area (Å²) in [5.41, 5.74) is 0.0892. The molecule has 0 aliphatic carbocycles. The van der Waals surface area contributed by atoms with E-state index in [1.807, 2.05) is 0 Å². The highest BCUT2D eigenvalue weighted by atomic mass is 19.1. The predicted molar refractivity (Wildman–Crippen MR) is 60.7 cm³/mol. The number of ether oxygens (including phenoxy) is 1. The summed E-state index contributed by atoms with van der Waals surface area (Å²) in [6, 6.07) is 2.52. The Morgan fingerprint density at radius 2 is 2.12 bits per heavy atom. The van der Waals surface area contributed by atoms with Crippen molar-refractivity contribution < 1.29 is 18.3 Å². The molecule has 0 fully saturated rings. The summed E-state index contributed by atoms with van der Waals surface area (Å²) in [5.74, 6) is -1.83. The minimum Gasteiger partial charge on any atom is -0.464 e. The maximum absolute atomic E-state index is 13.3. The number of hydrogen-bond acceptors (Lipinski definition) is 3. The van der Waals surface area contributed by atoms with E-state index in [1.54, 1.807) is 13.8 Å². The van der Waals surface area contributed by atoms with Crippen LogP contribution in [-0.4, -0.2) is 18.6 Å². The molecule has 1 aromatic rings. The molecule has 0 aliphatic rings. The average Bonchev–Trinajstić information content (AvgIpc) is 2.28. The third-order valence-corrected chi connectivity index (χ3v) is 2.24. The van der Waals surface area contributed by atoms with Crippen molar-refractivity contribution in [2.75, 3.05) is 11.9 Å². The van der Waals surface area contributed by atoms with Crippen molar-refractivity contribution in [2.24, 2.45) is 0 Å². The van der Waals surface area contributed by atoms with Crippen LogP contribution >= 0.6 is 0 Å². The molecule has 3 nitrogen and oxygen atoms in total. The van der Waals surface area contributed by atoms with Crippen LogP contribution < -0.4 is 5.32 Å². The summed E-state index contributed by atoms with van der Waals surface area (Å²) in [5, 5.41) is 2.69. The van der Waals surface area contributed by atoms with Crippen LogP contribution in [0.25, 0.3) is 0 Å². The van der Waals surface area contributed by atoms with Crippen LogP contribution in [0.4, 0.5) is 14.5 Å². The number of halogens is 2. The lowest BCUT2D eigenvalue weighted by molar-refractivity contribution is -0.144. The smallest absolute Gasteiger partial charge is 0.328 e. The van der Waals surface area contributed by atoms with Gasteiger partial charge in [-0.2, -0.15) is 0 Å². The van der Waals surface area contributed by atoms with Crippen molar-refractivity contribution in [2.45, 2.75) is 26.3 Å². The van der Waals surface area contributed by atoms with Crippen molar-refractivity contribution in [3.8, 4) is 0 Å². The van der Waals surface area contributed by atoms with Gasteiger partial charge in [-0.25, -0.2) is 13.6 Å². The molecule has 0 aliphatic heterocycles. The lowest BCUT2D eigenvalue weighted by Gasteiger charge is -2.16. The minimum atomic E-state index is -0.729. The topological polar surface area (TPSA) is 38.3 Å². The van der Waals surface area contributed by atoms with E-state index in [0.29, 0.717) is 6.42 Å². The van der Waals surface area contributed by atoms with Crippen molar-refractivity contribution in [3.63, 3.8) is 0 Å². The summed E-state index contributed by atoms with van der Waals surface area (Å²) in [6.45, 7) is 3.74. The number of hydrogen-bond donors (Lipinski definition) is 1. The Morgan fingerprint density at radius 1 is 1.41 bits per heavy atom. The maximum Gasteiger partial charge on any atom is 0.328 e. The Bertz CT molecular complexity index is 396. The fraction of sp³-hybridized carbons (Fsp3) is 0.417. The first-order valence-corrected chi connectivity index (χ1v) is 5.46. The second-order valence-electron chi connectivity index (χ2n) is 3.48. The highest BCUT2D eigenvalue weighted by Gasteiger charge is 2.18. The van der Waals surface area contributed by atoms with Gasteiger partial charge < -0.3 is 10.1 Å². The molecule has 0 heterocycles. The van der Waals surface area contributed by atoms with Gasteiger partial charge in [-0.3, -0.25) is 0 Å². The molecule has 0 amide bonds. The first-order valence-electron chi connectivity index (χ1n) is 5.46. The molecule has 0 aromatic heterocycles.